The van der Waals surface area contributed by atoms with Crippen LogP contribution in [0.3, 0.4) is 0 Å². The number of anilines is 1. The van der Waals surface area contributed by atoms with E-state index in [4.69, 9.17) is 4.98 Å². The van der Waals surface area contributed by atoms with Crippen LogP contribution in [0.5, 0.6) is 0 Å². The highest BCUT2D eigenvalue weighted by molar-refractivity contribution is 7.15. The Kier molecular flexibility index (Phi) is 4.08. The fraction of sp³-hybridized carbons (Fsp3) is 0.800. The second kappa shape index (κ2) is 5.80. The molecule has 1 N–H and O–H groups in total. The maximum absolute atomic E-state index is 5.00. The predicted octanol–water partition coefficient (Wildman–Crippen LogP) is 3.51. The van der Waals surface area contributed by atoms with Gasteiger partial charge in [0.2, 0.25) is 0 Å². The van der Waals surface area contributed by atoms with Crippen molar-refractivity contribution in [3.8, 4) is 0 Å². The van der Waals surface area contributed by atoms with Crippen molar-refractivity contribution < 1.29 is 0 Å². The highest BCUT2D eigenvalue weighted by Gasteiger charge is 2.28. The van der Waals surface area contributed by atoms with Gasteiger partial charge in [-0.1, -0.05) is 6.92 Å². The molecule has 0 bridgehead atoms. The highest BCUT2D eigenvalue weighted by atomic mass is 32.1. The Hall–Kier alpha value is -0.610. The predicted molar refractivity (Wildman–Crippen MR) is 82.1 cm³/mol. The first-order valence-electron chi connectivity index (χ1n) is 7.79. The summed E-state index contributed by atoms with van der Waals surface area (Å²) in [6.07, 6.45) is 7.65. The Balaban J connectivity index is 1.80. The zero-order valence-electron chi connectivity index (χ0n) is 12.1. The van der Waals surface area contributed by atoms with Crippen LogP contribution in [0.4, 0.5) is 5.13 Å². The lowest BCUT2D eigenvalue weighted by atomic mass is 9.97. The van der Waals surface area contributed by atoms with E-state index >= 15 is 0 Å². The molecule has 0 aromatic carbocycles. The van der Waals surface area contributed by atoms with Crippen molar-refractivity contribution in [2.24, 2.45) is 0 Å². The van der Waals surface area contributed by atoms with Crippen LogP contribution in [0, 0.1) is 0 Å². The van der Waals surface area contributed by atoms with Crippen molar-refractivity contribution in [1.82, 2.24) is 10.3 Å². The third-order valence-electron chi connectivity index (χ3n) is 4.38. The Labute approximate surface area is 120 Å². The number of hydrogen-bond donors (Lipinski definition) is 1. The Morgan fingerprint density at radius 3 is 3.00 bits per heavy atom. The third kappa shape index (κ3) is 2.65. The molecule has 1 aliphatic heterocycles. The van der Waals surface area contributed by atoms with E-state index in [1.54, 1.807) is 0 Å². The molecular weight excluding hydrogens is 254 g/mol. The van der Waals surface area contributed by atoms with E-state index in [-0.39, 0.29) is 0 Å². The number of aromatic nitrogens is 1. The summed E-state index contributed by atoms with van der Waals surface area (Å²) >= 11 is 1.95. The molecule has 0 amide bonds. The average Bonchev–Trinajstić information content (AvgIpc) is 3.01. The van der Waals surface area contributed by atoms with Crippen molar-refractivity contribution in [3.05, 3.63) is 10.6 Å². The molecule has 19 heavy (non-hydrogen) atoms. The molecule has 106 valence electrons. The van der Waals surface area contributed by atoms with E-state index < -0.39 is 0 Å². The molecule has 3 nitrogen and oxygen atoms in total. The Morgan fingerprint density at radius 2 is 2.26 bits per heavy atom. The van der Waals surface area contributed by atoms with Crippen molar-refractivity contribution in [2.75, 3.05) is 18.0 Å². The number of thiazole rings is 1. The van der Waals surface area contributed by atoms with Crippen LogP contribution in [0.25, 0.3) is 0 Å². The van der Waals surface area contributed by atoms with Gasteiger partial charge in [0.25, 0.3) is 0 Å². The smallest absolute Gasteiger partial charge is 0.186 e. The molecule has 0 spiro atoms. The molecule has 0 saturated carbocycles. The van der Waals surface area contributed by atoms with Crippen LogP contribution in [0.15, 0.2) is 0 Å². The van der Waals surface area contributed by atoms with E-state index in [0.29, 0.717) is 12.1 Å². The van der Waals surface area contributed by atoms with Crippen molar-refractivity contribution >= 4 is 16.5 Å². The van der Waals surface area contributed by atoms with Gasteiger partial charge in [-0.2, -0.15) is 0 Å². The number of nitrogens with zero attached hydrogens (tertiary/aromatic N) is 2. The highest BCUT2D eigenvalue weighted by Crippen LogP contribution is 2.38. The average molecular weight is 279 g/mol. The first-order valence-corrected chi connectivity index (χ1v) is 8.61. The first-order chi connectivity index (χ1) is 9.29. The largest absolute Gasteiger partial charge is 0.345 e. The van der Waals surface area contributed by atoms with E-state index in [0.717, 1.165) is 6.54 Å². The van der Waals surface area contributed by atoms with Gasteiger partial charge < -0.3 is 10.2 Å². The van der Waals surface area contributed by atoms with Gasteiger partial charge in [0.1, 0.15) is 0 Å². The van der Waals surface area contributed by atoms with Gasteiger partial charge in [-0.15, -0.1) is 11.3 Å². The van der Waals surface area contributed by atoms with E-state index in [1.807, 2.05) is 11.3 Å². The fourth-order valence-corrected chi connectivity index (χ4v) is 4.55. The van der Waals surface area contributed by atoms with Crippen LogP contribution < -0.4 is 10.2 Å². The molecule has 1 fully saturated rings. The Morgan fingerprint density at radius 1 is 1.37 bits per heavy atom. The minimum Gasteiger partial charge on any atom is -0.345 e. The number of nitrogens with one attached hydrogen (secondary N) is 1. The minimum atomic E-state index is 0.506. The van der Waals surface area contributed by atoms with Crippen LogP contribution in [0.2, 0.25) is 0 Å². The van der Waals surface area contributed by atoms with Crippen molar-refractivity contribution in [2.45, 2.75) is 64.5 Å². The van der Waals surface area contributed by atoms with E-state index in [1.165, 1.54) is 60.8 Å². The molecule has 0 radical (unpaired) electrons. The van der Waals surface area contributed by atoms with E-state index in [9.17, 15) is 0 Å². The zero-order chi connectivity index (χ0) is 13.2. The molecule has 1 aromatic rings. The summed E-state index contributed by atoms with van der Waals surface area (Å²) in [6, 6.07) is 1.18. The van der Waals surface area contributed by atoms with Gasteiger partial charge in [0, 0.05) is 17.5 Å². The fourth-order valence-electron chi connectivity index (χ4n) is 3.26. The van der Waals surface area contributed by atoms with Gasteiger partial charge in [-0.05, 0) is 52.0 Å². The second-order valence-electron chi connectivity index (χ2n) is 5.89. The summed E-state index contributed by atoms with van der Waals surface area (Å²) < 4.78 is 0. The van der Waals surface area contributed by atoms with Gasteiger partial charge in [0.15, 0.2) is 5.13 Å². The lowest BCUT2D eigenvalue weighted by Crippen LogP contribution is -2.27. The molecule has 2 heterocycles. The van der Waals surface area contributed by atoms with Crippen LogP contribution in [-0.2, 0) is 6.42 Å². The summed E-state index contributed by atoms with van der Waals surface area (Å²) in [6.45, 7) is 6.87. The SMILES string of the molecule is CCCNC1CCCc2sc(N3CCCC3C)nc21. The zero-order valence-corrected chi connectivity index (χ0v) is 12.9. The van der Waals surface area contributed by atoms with Crippen molar-refractivity contribution in [1.29, 1.82) is 0 Å². The summed E-state index contributed by atoms with van der Waals surface area (Å²) in [5, 5.41) is 4.95. The summed E-state index contributed by atoms with van der Waals surface area (Å²) in [7, 11) is 0. The number of fused-ring (bicyclic) bond motifs is 1. The number of aryl methyl sites for hydroxylation is 1. The molecule has 2 atom stereocenters. The maximum atomic E-state index is 5.00. The molecule has 4 heteroatoms. The quantitative estimate of drug-likeness (QED) is 0.914. The minimum absolute atomic E-state index is 0.506. The van der Waals surface area contributed by atoms with Crippen LogP contribution in [0.1, 0.15) is 62.6 Å². The molecule has 2 unspecified atom stereocenters. The monoisotopic (exact) mass is 279 g/mol. The standard InChI is InChI=1S/C15H25N3S/c1-3-9-16-12-7-4-8-13-14(12)17-15(19-13)18-10-5-6-11(18)2/h11-12,16H,3-10H2,1-2H3. The summed E-state index contributed by atoms with van der Waals surface area (Å²) in [5.74, 6) is 0. The van der Waals surface area contributed by atoms with Gasteiger partial charge in [0.05, 0.1) is 11.7 Å². The molecular formula is C15H25N3S. The van der Waals surface area contributed by atoms with Crippen LogP contribution in [-0.4, -0.2) is 24.1 Å². The van der Waals surface area contributed by atoms with Crippen LogP contribution >= 0.6 is 11.3 Å². The third-order valence-corrected chi connectivity index (χ3v) is 5.55. The van der Waals surface area contributed by atoms with Crippen molar-refractivity contribution in [3.63, 3.8) is 0 Å². The molecule has 3 rings (SSSR count). The topological polar surface area (TPSA) is 28.2 Å². The Bertz CT molecular complexity index is 429. The van der Waals surface area contributed by atoms with Gasteiger partial charge in [-0.25, -0.2) is 4.98 Å². The van der Waals surface area contributed by atoms with Gasteiger partial charge >= 0.3 is 0 Å². The summed E-state index contributed by atoms with van der Waals surface area (Å²) in [5.41, 5.74) is 1.36. The second-order valence-corrected chi connectivity index (χ2v) is 6.95. The van der Waals surface area contributed by atoms with Gasteiger partial charge in [-0.3, -0.25) is 0 Å². The number of rotatable bonds is 4. The molecule has 2 aliphatic rings. The summed E-state index contributed by atoms with van der Waals surface area (Å²) in [4.78, 5) is 9.05. The van der Waals surface area contributed by atoms with E-state index in [2.05, 4.69) is 24.1 Å². The normalized spacial score (nSPS) is 26.7. The maximum Gasteiger partial charge on any atom is 0.186 e. The number of hydrogen-bond acceptors (Lipinski definition) is 4. The lowest BCUT2D eigenvalue weighted by molar-refractivity contribution is 0.454. The molecule has 1 aliphatic carbocycles. The molecule has 1 aromatic heterocycles. The lowest BCUT2D eigenvalue weighted by Gasteiger charge is -2.22. The molecule has 1 saturated heterocycles. The first kappa shape index (κ1) is 13.4.